The van der Waals surface area contributed by atoms with Crippen molar-refractivity contribution in [3.05, 3.63) is 230 Å². The third-order valence-electron chi connectivity index (χ3n) is 13.9. The van der Waals surface area contributed by atoms with Crippen LogP contribution in [0, 0.1) is 17.7 Å². The van der Waals surface area contributed by atoms with Gasteiger partial charge in [0.1, 0.15) is 0 Å². The topological polar surface area (TPSA) is 70.7 Å². The van der Waals surface area contributed by atoms with Crippen molar-refractivity contribution in [3.8, 4) is 39.1 Å². The molecule has 0 radical (unpaired) electrons. The molecule has 316 valence electrons. The molecule has 4 aromatic heterocycles. The van der Waals surface area contributed by atoms with Gasteiger partial charge in [-0.1, -0.05) is 109 Å². The summed E-state index contributed by atoms with van der Waals surface area (Å²) in [5, 5.41) is 13.6. The van der Waals surface area contributed by atoms with Crippen LogP contribution in [0.4, 0.5) is 17.1 Å². The molecule has 0 saturated heterocycles. The van der Waals surface area contributed by atoms with Crippen LogP contribution in [0.15, 0.2) is 213 Å². The molecule has 0 saturated carbocycles. The van der Waals surface area contributed by atoms with Gasteiger partial charge in [0.25, 0.3) is 0 Å². The van der Waals surface area contributed by atoms with Crippen LogP contribution in [-0.2, 0) is 0 Å². The lowest BCUT2D eigenvalue weighted by atomic mass is 9.68. The van der Waals surface area contributed by atoms with Gasteiger partial charge in [-0.15, -0.1) is 0 Å². The number of benzene rings is 7. The number of nitrogens with one attached hydrogen (secondary N) is 1. The Hall–Kier alpha value is -8.74. The zero-order valence-corrected chi connectivity index (χ0v) is 36.7. The van der Waals surface area contributed by atoms with Gasteiger partial charge in [0.15, 0.2) is 0 Å². The highest BCUT2D eigenvalue weighted by atomic mass is 15.1. The van der Waals surface area contributed by atoms with Crippen molar-refractivity contribution in [1.29, 1.82) is 5.41 Å². The van der Waals surface area contributed by atoms with Gasteiger partial charge in [-0.05, 0) is 132 Å². The van der Waals surface area contributed by atoms with Crippen LogP contribution >= 0.6 is 0 Å². The fraction of sp³-hybridized carbons (Fsp3) is 0.0492. The minimum absolute atomic E-state index is 0.325. The van der Waals surface area contributed by atoms with Crippen LogP contribution in [0.3, 0.4) is 0 Å². The highest BCUT2D eigenvalue weighted by Gasteiger charge is 2.38. The first-order valence-corrected chi connectivity index (χ1v) is 22.8. The van der Waals surface area contributed by atoms with Crippen LogP contribution in [0.2, 0.25) is 0 Å². The summed E-state index contributed by atoms with van der Waals surface area (Å²) >= 11 is 0. The molecule has 0 fully saturated rings. The lowest BCUT2D eigenvalue weighted by molar-refractivity contribution is 0.622. The van der Waals surface area contributed by atoms with E-state index in [1.165, 1.54) is 10.8 Å². The molecule has 67 heavy (non-hydrogen) atoms. The van der Waals surface area contributed by atoms with Gasteiger partial charge >= 0.3 is 0 Å². The Morgan fingerprint density at radius 1 is 0.537 bits per heavy atom. The van der Waals surface area contributed by atoms with E-state index in [1.54, 1.807) is 0 Å². The second-order valence-electron chi connectivity index (χ2n) is 17.8. The maximum atomic E-state index is 9.07. The Labute approximate surface area is 388 Å². The molecule has 0 bridgehead atoms. The van der Waals surface area contributed by atoms with Crippen LogP contribution in [-0.4, -0.2) is 25.2 Å². The number of nitrogens with zero attached hydrogens (tertiary/aromatic N) is 5. The molecule has 11 aromatic rings. The van der Waals surface area contributed by atoms with E-state index in [4.69, 9.17) is 20.4 Å². The molecule has 1 N–H and O–H groups in total. The molecular formula is C61H42N6. The van der Waals surface area contributed by atoms with Gasteiger partial charge in [-0.3, -0.25) is 15.0 Å². The number of hydrogen-bond acceptors (Lipinski definition) is 5. The smallest absolute Gasteiger partial charge is 0.0964 e. The summed E-state index contributed by atoms with van der Waals surface area (Å²) in [4.78, 5) is 17.0. The zero-order chi connectivity index (χ0) is 44.6. The third kappa shape index (κ3) is 6.25. The summed E-state index contributed by atoms with van der Waals surface area (Å²) in [5.74, 6) is 0. The molecule has 0 amide bonds. The largest absolute Gasteiger partial charge is 0.310 e. The van der Waals surface area contributed by atoms with Crippen LogP contribution in [0.5, 0.6) is 0 Å². The Kier molecular flexibility index (Phi) is 8.77. The molecule has 1 atom stereocenters. The molecule has 2 aliphatic carbocycles. The van der Waals surface area contributed by atoms with Crippen molar-refractivity contribution >= 4 is 72.5 Å². The summed E-state index contributed by atoms with van der Waals surface area (Å²) in [7, 11) is 0. The van der Waals surface area contributed by atoms with Crippen molar-refractivity contribution in [1.82, 2.24) is 19.5 Å². The first-order chi connectivity index (χ1) is 33.0. The van der Waals surface area contributed by atoms with Crippen LogP contribution < -0.4 is 4.90 Å². The molecule has 0 aliphatic heterocycles. The van der Waals surface area contributed by atoms with E-state index in [9.17, 15) is 0 Å². The fourth-order valence-electron chi connectivity index (χ4n) is 10.3. The second kappa shape index (κ2) is 15.2. The third-order valence-corrected chi connectivity index (χ3v) is 13.9. The molecular weight excluding hydrogens is 817 g/mol. The Bertz CT molecular complexity index is 3830. The lowest BCUT2D eigenvalue weighted by Crippen LogP contribution is -2.34. The highest BCUT2D eigenvalue weighted by molar-refractivity contribution is 6.11. The molecule has 13 rings (SSSR count). The first kappa shape index (κ1) is 38.7. The van der Waals surface area contributed by atoms with E-state index in [-0.39, 0.29) is 5.41 Å². The Morgan fingerprint density at radius 2 is 1.21 bits per heavy atom. The predicted octanol–water partition coefficient (Wildman–Crippen LogP) is 15.4. The predicted molar refractivity (Wildman–Crippen MR) is 277 cm³/mol. The number of pyridine rings is 3. The normalized spacial score (nSPS) is 15.1. The monoisotopic (exact) mass is 858 g/mol. The van der Waals surface area contributed by atoms with Gasteiger partial charge in [0, 0.05) is 79.6 Å². The minimum atomic E-state index is -0.325. The van der Waals surface area contributed by atoms with E-state index in [1.807, 2.05) is 24.7 Å². The molecule has 4 heterocycles. The van der Waals surface area contributed by atoms with Crippen molar-refractivity contribution in [2.24, 2.45) is 5.41 Å². The van der Waals surface area contributed by atoms with Crippen molar-refractivity contribution in [3.63, 3.8) is 0 Å². The van der Waals surface area contributed by atoms with E-state index >= 15 is 0 Å². The molecule has 2 aliphatic rings. The summed E-state index contributed by atoms with van der Waals surface area (Å²) in [6.07, 6.45) is 15.2. The van der Waals surface area contributed by atoms with Crippen molar-refractivity contribution in [2.45, 2.75) is 13.3 Å². The SMILES string of the molecule is Cc1c(-c2cnc3c(c2)C=CC2(C=CC2)C3=N)cc(-c2ccc(-n3c4ccccc4c4cc(N(c5ccccc5)c5ccccc5)ccc43)cc2)cc1-c1cnc2c(ccc3cccnc32)c1. The van der Waals surface area contributed by atoms with E-state index in [0.717, 1.165) is 112 Å². The minimum Gasteiger partial charge on any atom is -0.310 e. The molecule has 1 unspecified atom stereocenters. The standard InChI is InChI=1S/C61H42N6/c1-39-52(45-32-42-20-19-41-12-10-31-63-57(41)58(42)64-37-45)34-44(35-53(39)46-33-43-27-30-61(28-11-29-61)60(62)59(43)65-38-46)40-21-23-49(24-22-40)67-55-18-9-8-17-51(55)54-36-50(25-26-56(54)67)66(47-13-4-2-5-14-47)48-15-6-3-7-16-48/h2-28,30-38,62H,29H2,1H3. The second-order valence-corrected chi connectivity index (χ2v) is 17.8. The number of anilines is 3. The van der Waals surface area contributed by atoms with Gasteiger partial charge in [0.2, 0.25) is 0 Å². The van der Waals surface area contributed by atoms with Gasteiger partial charge in [0.05, 0.1) is 38.9 Å². The maximum Gasteiger partial charge on any atom is 0.0964 e. The zero-order valence-electron chi connectivity index (χ0n) is 36.7. The van der Waals surface area contributed by atoms with Gasteiger partial charge in [-0.2, -0.15) is 0 Å². The number of para-hydroxylation sites is 3. The average Bonchev–Trinajstić information content (AvgIpc) is 3.70. The number of hydrogen-bond donors (Lipinski definition) is 1. The highest BCUT2D eigenvalue weighted by Crippen LogP contribution is 2.45. The first-order valence-electron chi connectivity index (χ1n) is 22.8. The van der Waals surface area contributed by atoms with E-state index < -0.39 is 0 Å². The Balaban J connectivity index is 0.934. The molecule has 6 heteroatoms. The molecule has 7 aromatic carbocycles. The number of allylic oxidation sites excluding steroid dienone is 3. The molecule has 1 spiro atoms. The summed E-state index contributed by atoms with van der Waals surface area (Å²) in [5.41, 5.74) is 18.1. The number of rotatable bonds is 7. The average molecular weight is 859 g/mol. The van der Waals surface area contributed by atoms with Gasteiger partial charge < -0.3 is 14.9 Å². The van der Waals surface area contributed by atoms with Crippen molar-refractivity contribution in [2.75, 3.05) is 4.90 Å². The van der Waals surface area contributed by atoms with Gasteiger partial charge in [-0.25, -0.2) is 0 Å². The van der Waals surface area contributed by atoms with Crippen LogP contribution in [0.25, 0.3) is 88.8 Å². The Morgan fingerprint density at radius 3 is 1.96 bits per heavy atom. The van der Waals surface area contributed by atoms with E-state index in [0.29, 0.717) is 5.71 Å². The summed E-state index contributed by atoms with van der Waals surface area (Å²) < 4.78 is 2.38. The quantitative estimate of drug-likeness (QED) is 0.128. The summed E-state index contributed by atoms with van der Waals surface area (Å²) in [6.45, 7) is 2.20. The summed E-state index contributed by atoms with van der Waals surface area (Å²) in [6, 6.07) is 63.0. The number of aromatic nitrogens is 4. The number of fused-ring (bicyclic) bond motifs is 7. The van der Waals surface area contributed by atoms with Crippen LogP contribution in [0.1, 0.15) is 23.2 Å². The van der Waals surface area contributed by atoms with Crippen molar-refractivity contribution < 1.29 is 0 Å². The van der Waals surface area contributed by atoms with E-state index in [2.05, 4.69) is 211 Å². The maximum absolute atomic E-state index is 9.07. The fourth-order valence-corrected chi connectivity index (χ4v) is 10.3. The lowest BCUT2D eigenvalue weighted by Gasteiger charge is -2.36. The molecule has 6 nitrogen and oxygen atoms in total.